The molecule has 7 heteroatoms. The Bertz CT molecular complexity index is 853. The number of hydrogen-bond donors (Lipinski definition) is 0. The highest BCUT2D eigenvalue weighted by Crippen LogP contribution is 2.37. The van der Waals surface area contributed by atoms with Gasteiger partial charge in [0, 0.05) is 37.3 Å². The molecule has 0 spiro atoms. The summed E-state index contributed by atoms with van der Waals surface area (Å²) in [6.07, 6.45) is 2.43. The lowest BCUT2D eigenvalue weighted by Crippen LogP contribution is -2.31. The van der Waals surface area contributed by atoms with Crippen LogP contribution in [-0.4, -0.2) is 45.2 Å². The Labute approximate surface area is 176 Å². The molecule has 156 valence electrons. The highest BCUT2D eigenvalue weighted by atomic mass is 35.5. The molecule has 0 amide bonds. The molecule has 0 bridgehead atoms. The number of rotatable bonds is 8. The number of hydrogen-bond acceptors (Lipinski definition) is 6. The normalized spacial score (nSPS) is 17.7. The van der Waals surface area contributed by atoms with Crippen molar-refractivity contribution in [2.45, 2.75) is 32.0 Å². The van der Waals surface area contributed by atoms with Crippen LogP contribution in [0.1, 0.15) is 24.0 Å². The second-order valence-electron chi connectivity index (χ2n) is 7.29. The average molecular weight is 420 g/mol. The van der Waals surface area contributed by atoms with Gasteiger partial charge < -0.3 is 23.7 Å². The van der Waals surface area contributed by atoms with Gasteiger partial charge in [0.1, 0.15) is 0 Å². The third kappa shape index (κ3) is 4.71. The van der Waals surface area contributed by atoms with Crippen LogP contribution in [0.3, 0.4) is 0 Å². The lowest BCUT2D eigenvalue weighted by atomic mass is 10.1. The summed E-state index contributed by atoms with van der Waals surface area (Å²) in [5, 5.41) is 0.680. The summed E-state index contributed by atoms with van der Waals surface area (Å²) in [6.45, 7) is 3.33. The molecule has 1 fully saturated rings. The Morgan fingerprint density at radius 2 is 1.83 bits per heavy atom. The first-order valence-corrected chi connectivity index (χ1v) is 10.2. The summed E-state index contributed by atoms with van der Waals surface area (Å²) in [4.78, 5) is 2.35. The van der Waals surface area contributed by atoms with Gasteiger partial charge in [-0.1, -0.05) is 17.7 Å². The zero-order valence-corrected chi connectivity index (χ0v) is 17.5. The first-order chi connectivity index (χ1) is 14.2. The van der Waals surface area contributed by atoms with E-state index in [-0.39, 0.29) is 12.9 Å². The van der Waals surface area contributed by atoms with E-state index in [1.54, 1.807) is 14.2 Å². The second-order valence-corrected chi connectivity index (χ2v) is 7.70. The third-order valence-corrected chi connectivity index (χ3v) is 5.63. The van der Waals surface area contributed by atoms with Crippen LogP contribution in [0.5, 0.6) is 23.0 Å². The molecular weight excluding hydrogens is 394 g/mol. The van der Waals surface area contributed by atoms with Gasteiger partial charge in [0.05, 0.1) is 20.3 Å². The van der Waals surface area contributed by atoms with Gasteiger partial charge in [-0.3, -0.25) is 4.90 Å². The number of nitrogens with zero attached hydrogens (tertiary/aromatic N) is 1. The molecule has 0 aromatic heterocycles. The van der Waals surface area contributed by atoms with Crippen LogP contribution < -0.4 is 18.9 Å². The summed E-state index contributed by atoms with van der Waals surface area (Å²) in [7, 11) is 3.29. The van der Waals surface area contributed by atoms with Crippen molar-refractivity contribution in [3.05, 3.63) is 46.5 Å². The minimum atomic E-state index is 0.236. The fourth-order valence-corrected chi connectivity index (χ4v) is 4.03. The Morgan fingerprint density at radius 1 is 1.03 bits per heavy atom. The van der Waals surface area contributed by atoms with Crippen LogP contribution in [0.15, 0.2) is 30.3 Å². The third-order valence-electron chi connectivity index (χ3n) is 5.28. The lowest BCUT2D eigenvalue weighted by Gasteiger charge is -2.26. The molecular formula is C22H26ClNO5. The smallest absolute Gasteiger partial charge is 0.231 e. The summed E-state index contributed by atoms with van der Waals surface area (Å²) in [5.74, 6) is 2.89. The largest absolute Gasteiger partial charge is 0.493 e. The Hall–Kier alpha value is -2.15. The van der Waals surface area contributed by atoms with Crippen LogP contribution in [0.2, 0.25) is 5.02 Å². The minimum Gasteiger partial charge on any atom is -0.493 e. The van der Waals surface area contributed by atoms with Gasteiger partial charge in [-0.25, -0.2) is 0 Å². The molecule has 1 saturated heterocycles. The monoisotopic (exact) mass is 419 g/mol. The number of halogens is 1. The number of benzene rings is 2. The Balaban J connectivity index is 1.55. The van der Waals surface area contributed by atoms with E-state index in [1.165, 1.54) is 0 Å². The number of ether oxygens (including phenoxy) is 5. The van der Waals surface area contributed by atoms with E-state index in [2.05, 4.69) is 11.0 Å². The zero-order valence-electron chi connectivity index (χ0n) is 16.8. The van der Waals surface area contributed by atoms with Crippen LogP contribution in [0, 0.1) is 0 Å². The van der Waals surface area contributed by atoms with Crippen molar-refractivity contribution >= 4 is 11.6 Å². The molecule has 0 N–H and O–H groups in total. The van der Waals surface area contributed by atoms with Crippen LogP contribution >= 0.6 is 11.6 Å². The SMILES string of the molecule is COc1ccc(CN(Cc2cc3c(cc2Cl)OCO3)C[C@@H]2CCCO2)cc1OC. The Kier molecular flexibility index (Phi) is 6.33. The maximum Gasteiger partial charge on any atom is 0.231 e. The van der Waals surface area contributed by atoms with E-state index in [0.29, 0.717) is 17.3 Å². The van der Waals surface area contributed by atoms with Crippen molar-refractivity contribution in [3.8, 4) is 23.0 Å². The summed E-state index contributed by atoms with van der Waals surface area (Å²) >= 11 is 6.53. The highest BCUT2D eigenvalue weighted by molar-refractivity contribution is 6.31. The highest BCUT2D eigenvalue weighted by Gasteiger charge is 2.22. The first-order valence-electron chi connectivity index (χ1n) is 9.79. The molecule has 2 aliphatic rings. The molecule has 29 heavy (non-hydrogen) atoms. The summed E-state index contributed by atoms with van der Waals surface area (Å²) in [5.41, 5.74) is 2.15. The van der Waals surface area contributed by atoms with Gasteiger partial charge in [-0.15, -0.1) is 0 Å². The molecule has 2 aliphatic heterocycles. The molecule has 0 unspecified atom stereocenters. The molecule has 1 atom stereocenters. The van der Waals surface area contributed by atoms with Gasteiger partial charge in [-0.2, -0.15) is 0 Å². The van der Waals surface area contributed by atoms with Crippen molar-refractivity contribution < 1.29 is 23.7 Å². The van der Waals surface area contributed by atoms with E-state index in [4.69, 9.17) is 35.3 Å². The van der Waals surface area contributed by atoms with E-state index >= 15 is 0 Å². The van der Waals surface area contributed by atoms with Crippen molar-refractivity contribution in [2.24, 2.45) is 0 Å². The van der Waals surface area contributed by atoms with Gasteiger partial charge in [-0.05, 0) is 42.2 Å². The molecule has 6 nitrogen and oxygen atoms in total. The molecule has 2 aromatic rings. The Morgan fingerprint density at radius 3 is 2.55 bits per heavy atom. The van der Waals surface area contributed by atoms with Crippen molar-refractivity contribution in [1.82, 2.24) is 4.90 Å². The summed E-state index contributed by atoms with van der Waals surface area (Å²) in [6, 6.07) is 9.82. The standard InChI is InChI=1S/C22H26ClNO5/c1-25-19-6-5-15(8-20(19)26-2)11-24(13-17-4-3-7-27-17)12-16-9-21-22(10-18(16)23)29-14-28-21/h5-6,8-10,17H,3-4,7,11-14H2,1-2H3/t17-/m0/s1. The fourth-order valence-electron chi connectivity index (χ4n) is 3.82. The minimum absolute atomic E-state index is 0.236. The molecule has 0 radical (unpaired) electrons. The quantitative estimate of drug-likeness (QED) is 0.637. The molecule has 0 aliphatic carbocycles. The number of methoxy groups -OCH3 is 2. The first kappa shape index (κ1) is 20.1. The van der Waals surface area contributed by atoms with Crippen molar-refractivity contribution in [1.29, 1.82) is 0 Å². The molecule has 2 aromatic carbocycles. The maximum absolute atomic E-state index is 6.53. The van der Waals surface area contributed by atoms with Gasteiger partial charge >= 0.3 is 0 Å². The topological polar surface area (TPSA) is 49.4 Å². The van der Waals surface area contributed by atoms with Crippen LogP contribution in [0.25, 0.3) is 0 Å². The van der Waals surface area contributed by atoms with Gasteiger partial charge in [0.2, 0.25) is 6.79 Å². The lowest BCUT2D eigenvalue weighted by molar-refractivity contribution is 0.0679. The van der Waals surface area contributed by atoms with E-state index in [1.807, 2.05) is 24.3 Å². The fraction of sp³-hybridized carbons (Fsp3) is 0.455. The predicted octanol–water partition coefficient (Wildman–Crippen LogP) is 4.27. The van der Waals surface area contributed by atoms with Crippen LogP contribution in [0.4, 0.5) is 0 Å². The summed E-state index contributed by atoms with van der Waals surface area (Å²) < 4.78 is 27.6. The predicted molar refractivity (Wildman–Crippen MR) is 110 cm³/mol. The van der Waals surface area contributed by atoms with Crippen LogP contribution in [-0.2, 0) is 17.8 Å². The molecule has 2 heterocycles. The van der Waals surface area contributed by atoms with Crippen molar-refractivity contribution in [2.75, 3.05) is 34.2 Å². The van der Waals surface area contributed by atoms with Gasteiger partial charge in [0.15, 0.2) is 23.0 Å². The van der Waals surface area contributed by atoms with Gasteiger partial charge in [0.25, 0.3) is 0 Å². The van der Waals surface area contributed by atoms with Crippen molar-refractivity contribution in [3.63, 3.8) is 0 Å². The zero-order chi connectivity index (χ0) is 20.2. The maximum atomic E-state index is 6.53. The molecule has 4 rings (SSSR count). The molecule has 0 saturated carbocycles. The van der Waals surface area contributed by atoms with E-state index < -0.39 is 0 Å². The second kappa shape index (κ2) is 9.11. The number of fused-ring (bicyclic) bond motifs is 1. The van der Waals surface area contributed by atoms with E-state index in [9.17, 15) is 0 Å². The average Bonchev–Trinajstić information content (AvgIpc) is 3.39. The van der Waals surface area contributed by atoms with E-state index in [0.717, 1.165) is 60.9 Å².